The number of H-pyrrole nitrogens is 1. The number of aromatic nitrogens is 4. The molecule has 0 bridgehead atoms. The second-order valence-corrected chi connectivity index (χ2v) is 14.8. The first kappa shape index (κ1) is 36.3. The second-order valence-electron chi connectivity index (χ2n) is 14.8. The lowest BCUT2D eigenvalue weighted by Crippen LogP contribution is -2.38. The van der Waals surface area contributed by atoms with Crippen LogP contribution in [0.5, 0.6) is 0 Å². The van der Waals surface area contributed by atoms with Gasteiger partial charge in [-0.05, 0) is 142 Å². The van der Waals surface area contributed by atoms with Gasteiger partial charge in [-0.15, -0.1) is 10.2 Å². The topological polar surface area (TPSA) is 147 Å². The SMILES string of the molecule is CC(C)N1CCC(CC(=O)c2cccc(-c3cccc(C[C@H](CC(=O)C4CCC(CN)CC4)C(=O)Nc4ccc(-c5nn[nH]n5)cc4)c3)c2)CC1. The van der Waals surface area contributed by atoms with Crippen molar-refractivity contribution >= 4 is 23.2 Å². The van der Waals surface area contributed by atoms with Gasteiger partial charge >= 0.3 is 0 Å². The van der Waals surface area contributed by atoms with Crippen LogP contribution < -0.4 is 11.1 Å². The van der Waals surface area contributed by atoms with E-state index in [9.17, 15) is 14.4 Å². The van der Waals surface area contributed by atoms with Crippen LogP contribution in [0, 0.1) is 23.7 Å². The number of piperidine rings is 1. The van der Waals surface area contributed by atoms with Crippen molar-refractivity contribution < 1.29 is 14.4 Å². The first-order valence-electron chi connectivity index (χ1n) is 18.6. The Kier molecular flexibility index (Phi) is 12.2. The summed E-state index contributed by atoms with van der Waals surface area (Å²) in [5, 5.41) is 17.1. The van der Waals surface area contributed by atoms with E-state index in [2.05, 4.69) is 50.8 Å². The number of hydrogen-bond donors (Lipinski definition) is 3. The lowest BCUT2D eigenvalue weighted by atomic mass is 9.77. The number of carbonyl (C=O) groups excluding carboxylic acids is 3. The third kappa shape index (κ3) is 9.62. The van der Waals surface area contributed by atoms with Crippen molar-refractivity contribution in [3.63, 3.8) is 0 Å². The average molecular weight is 690 g/mol. The Morgan fingerprint density at radius 2 is 1.57 bits per heavy atom. The summed E-state index contributed by atoms with van der Waals surface area (Å²) in [5.41, 5.74) is 11.0. The van der Waals surface area contributed by atoms with Gasteiger partial charge in [0.25, 0.3) is 0 Å². The number of aromatic amines is 1. The summed E-state index contributed by atoms with van der Waals surface area (Å²) in [5.74, 6) is 0.930. The number of anilines is 1. The first-order chi connectivity index (χ1) is 24.7. The average Bonchev–Trinajstić information content (AvgIpc) is 3.71. The van der Waals surface area contributed by atoms with E-state index >= 15 is 0 Å². The van der Waals surface area contributed by atoms with E-state index in [0.717, 1.165) is 79.4 Å². The van der Waals surface area contributed by atoms with Gasteiger partial charge in [-0.2, -0.15) is 5.21 Å². The third-order valence-corrected chi connectivity index (χ3v) is 11.0. The molecule has 1 saturated carbocycles. The number of ketones is 2. The minimum Gasteiger partial charge on any atom is -0.330 e. The quantitative estimate of drug-likeness (QED) is 0.123. The Morgan fingerprint density at radius 3 is 2.24 bits per heavy atom. The predicted molar refractivity (Wildman–Crippen MR) is 200 cm³/mol. The van der Waals surface area contributed by atoms with E-state index in [1.807, 2.05) is 54.6 Å². The Hall–Kier alpha value is -4.54. The van der Waals surface area contributed by atoms with E-state index in [-0.39, 0.29) is 29.8 Å². The molecule has 1 aromatic heterocycles. The fourth-order valence-electron chi connectivity index (χ4n) is 7.71. The molecule has 3 aromatic carbocycles. The summed E-state index contributed by atoms with van der Waals surface area (Å²) >= 11 is 0. The number of carbonyl (C=O) groups is 3. The molecule has 1 amide bonds. The summed E-state index contributed by atoms with van der Waals surface area (Å²) in [6.07, 6.45) is 6.85. The highest BCUT2D eigenvalue weighted by atomic mass is 16.2. The number of nitrogens with two attached hydrogens (primary N) is 1. The van der Waals surface area contributed by atoms with Crippen LogP contribution >= 0.6 is 0 Å². The Labute approximate surface area is 301 Å². The molecule has 268 valence electrons. The molecule has 0 unspecified atom stereocenters. The van der Waals surface area contributed by atoms with Crippen LogP contribution in [-0.2, 0) is 16.0 Å². The van der Waals surface area contributed by atoms with Crippen molar-refractivity contribution in [2.45, 2.75) is 77.7 Å². The van der Waals surface area contributed by atoms with E-state index in [4.69, 9.17) is 5.73 Å². The molecular weight excluding hydrogens is 638 g/mol. The summed E-state index contributed by atoms with van der Waals surface area (Å²) in [6.45, 7) is 7.22. The molecule has 10 nitrogen and oxygen atoms in total. The lowest BCUT2D eigenvalue weighted by Gasteiger charge is -2.34. The molecule has 1 saturated heterocycles. The highest BCUT2D eigenvalue weighted by Crippen LogP contribution is 2.32. The van der Waals surface area contributed by atoms with Gasteiger partial charge in [0.2, 0.25) is 11.7 Å². The smallest absolute Gasteiger partial charge is 0.228 e. The van der Waals surface area contributed by atoms with Crippen LogP contribution in [0.3, 0.4) is 0 Å². The minimum absolute atomic E-state index is 0.0355. The maximum Gasteiger partial charge on any atom is 0.228 e. The molecule has 10 heteroatoms. The molecule has 1 aliphatic heterocycles. The molecule has 6 rings (SSSR count). The summed E-state index contributed by atoms with van der Waals surface area (Å²) in [4.78, 5) is 43.4. The van der Waals surface area contributed by atoms with Crippen LogP contribution in [0.15, 0.2) is 72.8 Å². The number of nitrogens with zero attached hydrogens (tertiary/aromatic N) is 4. The van der Waals surface area contributed by atoms with Crippen LogP contribution in [0.25, 0.3) is 22.5 Å². The van der Waals surface area contributed by atoms with Gasteiger partial charge in [-0.1, -0.05) is 42.5 Å². The van der Waals surface area contributed by atoms with Crippen molar-refractivity contribution in [3.05, 3.63) is 83.9 Å². The highest BCUT2D eigenvalue weighted by Gasteiger charge is 2.30. The van der Waals surface area contributed by atoms with Gasteiger partial charge in [0.05, 0.1) is 0 Å². The molecule has 2 fully saturated rings. The van der Waals surface area contributed by atoms with Gasteiger partial charge in [0.15, 0.2) is 5.78 Å². The van der Waals surface area contributed by atoms with Gasteiger partial charge in [0.1, 0.15) is 5.78 Å². The molecule has 1 aliphatic carbocycles. The van der Waals surface area contributed by atoms with E-state index < -0.39 is 5.92 Å². The standard InChI is InChI=1S/C41H51N7O3/c1-27(2)48-19-17-28(18-20-48)23-38(49)35-8-4-7-34(24-35)33-6-3-5-30(21-33)22-36(25-39(50)31-11-9-29(26-42)10-12-31)41(51)43-37-15-13-32(14-16-37)40-44-46-47-45-40/h3-8,13-16,21,24,27-29,31,36H,9-12,17-20,22-23,25-26,42H2,1-2H3,(H,43,51)(H,44,45,46,47)/t29?,31?,36-/m1/s1. The molecule has 1 atom stereocenters. The second kappa shape index (κ2) is 17.1. The van der Waals surface area contributed by atoms with Crippen LogP contribution in [0.1, 0.15) is 81.1 Å². The monoisotopic (exact) mass is 689 g/mol. The largest absolute Gasteiger partial charge is 0.330 e. The Morgan fingerprint density at radius 1 is 0.863 bits per heavy atom. The van der Waals surface area contributed by atoms with Crippen LogP contribution in [-0.4, -0.2) is 68.7 Å². The maximum absolute atomic E-state index is 13.9. The van der Waals surface area contributed by atoms with E-state index in [1.54, 1.807) is 12.1 Å². The lowest BCUT2D eigenvalue weighted by molar-refractivity contribution is -0.129. The molecular formula is C41H51N7O3. The fourth-order valence-corrected chi connectivity index (χ4v) is 7.71. The molecule has 51 heavy (non-hydrogen) atoms. The van der Waals surface area contributed by atoms with Gasteiger partial charge < -0.3 is 16.0 Å². The number of benzene rings is 3. The molecule has 4 aromatic rings. The molecule has 2 aliphatic rings. The van der Waals surface area contributed by atoms with E-state index in [1.165, 1.54) is 0 Å². The molecule has 0 spiro atoms. The zero-order chi connectivity index (χ0) is 35.7. The zero-order valence-corrected chi connectivity index (χ0v) is 29.9. The summed E-state index contributed by atoms with van der Waals surface area (Å²) in [6, 6.07) is 23.8. The Bertz CT molecular complexity index is 1760. The number of hydrogen-bond acceptors (Lipinski definition) is 8. The predicted octanol–water partition coefficient (Wildman–Crippen LogP) is 6.75. The number of Topliss-reactive ketones (excluding diaryl/α,β-unsaturated/α-hetero) is 2. The van der Waals surface area contributed by atoms with Crippen molar-refractivity contribution in [2.24, 2.45) is 29.4 Å². The van der Waals surface area contributed by atoms with Gasteiger partial charge in [-0.25, -0.2) is 0 Å². The minimum atomic E-state index is -0.549. The summed E-state index contributed by atoms with van der Waals surface area (Å²) < 4.78 is 0. The van der Waals surface area contributed by atoms with Crippen LogP contribution in [0.2, 0.25) is 0 Å². The zero-order valence-electron chi connectivity index (χ0n) is 29.9. The van der Waals surface area contributed by atoms with Crippen molar-refractivity contribution in [3.8, 4) is 22.5 Å². The number of nitrogens with one attached hydrogen (secondary N) is 2. The molecule has 4 N–H and O–H groups in total. The normalized spacial score (nSPS) is 19.1. The first-order valence-corrected chi connectivity index (χ1v) is 18.6. The molecule has 2 heterocycles. The van der Waals surface area contributed by atoms with Crippen molar-refractivity contribution in [1.29, 1.82) is 0 Å². The van der Waals surface area contributed by atoms with Crippen LogP contribution in [0.4, 0.5) is 5.69 Å². The summed E-state index contributed by atoms with van der Waals surface area (Å²) in [7, 11) is 0. The maximum atomic E-state index is 13.9. The number of tetrazole rings is 1. The number of rotatable bonds is 14. The van der Waals surface area contributed by atoms with E-state index in [0.29, 0.717) is 48.8 Å². The van der Waals surface area contributed by atoms with Gasteiger partial charge in [0, 0.05) is 47.5 Å². The highest BCUT2D eigenvalue weighted by molar-refractivity contribution is 5.98. The fraction of sp³-hybridized carbons (Fsp3) is 0.463. The number of likely N-dealkylation sites (tertiary alicyclic amines) is 1. The van der Waals surface area contributed by atoms with Gasteiger partial charge in [-0.3, -0.25) is 14.4 Å². The Balaban J connectivity index is 1.15. The third-order valence-electron chi connectivity index (χ3n) is 11.0. The molecule has 0 radical (unpaired) electrons. The van der Waals surface area contributed by atoms with Crippen molar-refractivity contribution in [1.82, 2.24) is 25.5 Å². The van der Waals surface area contributed by atoms with Crippen molar-refractivity contribution in [2.75, 3.05) is 25.0 Å². The number of amides is 1.